The smallest absolute Gasteiger partial charge is 0.0409 e. The van der Waals surface area contributed by atoms with Gasteiger partial charge in [0.05, 0.1) is 0 Å². The van der Waals surface area contributed by atoms with E-state index in [1.54, 1.807) is 0 Å². The Morgan fingerprint density at radius 1 is 1.18 bits per heavy atom. The van der Waals surface area contributed by atoms with E-state index in [9.17, 15) is 0 Å². The summed E-state index contributed by atoms with van der Waals surface area (Å²) in [6.45, 7) is 3.40. The van der Waals surface area contributed by atoms with Gasteiger partial charge in [-0.1, -0.05) is 53.4 Å². The molecule has 1 aliphatic rings. The molecular weight excluding hydrogens is 274 g/mol. The van der Waals surface area contributed by atoms with E-state index in [2.05, 4.69) is 52.0 Å². The van der Waals surface area contributed by atoms with E-state index in [4.69, 9.17) is 0 Å². The number of alkyl halides is 1. The van der Waals surface area contributed by atoms with Crippen LogP contribution in [0.1, 0.15) is 44.6 Å². The van der Waals surface area contributed by atoms with Crippen LogP contribution in [-0.4, -0.2) is 12.6 Å². The Balaban J connectivity index is 2.21. The third kappa shape index (κ3) is 3.04. The highest BCUT2D eigenvalue weighted by atomic mass is 79.9. The molecular formula is C15H22BrN. The minimum atomic E-state index is 0.758. The lowest BCUT2D eigenvalue weighted by Crippen LogP contribution is -2.37. The van der Waals surface area contributed by atoms with E-state index in [1.165, 1.54) is 43.4 Å². The molecule has 94 valence electrons. The van der Waals surface area contributed by atoms with Gasteiger partial charge in [0.1, 0.15) is 0 Å². The first kappa shape index (κ1) is 12.9. The Labute approximate surface area is 113 Å². The Morgan fingerprint density at radius 3 is 2.53 bits per heavy atom. The number of para-hydroxylation sites is 1. The van der Waals surface area contributed by atoms with Gasteiger partial charge in [-0.3, -0.25) is 0 Å². The van der Waals surface area contributed by atoms with Crippen molar-refractivity contribution in [1.29, 1.82) is 0 Å². The number of nitrogens with zero attached hydrogens (tertiary/aromatic N) is 1. The van der Waals surface area contributed by atoms with E-state index >= 15 is 0 Å². The molecule has 0 spiro atoms. The maximum atomic E-state index is 3.60. The first-order valence-corrected chi connectivity index (χ1v) is 7.89. The number of hydrogen-bond acceptors (Lipinski definition) is 1. The monoisotopic (exact) mass is 295 g/mol. The summed E-state index contributed by atoms with van der Waals surface area (Å²) in [5.74, 6) is 0. The quantitative estimate of drug-likeness (QED) is 0.725. The maximum absolute atomic E-state index is 3.60. The third-order valence-electron chi connectivity index (χ3n) is 3.80. The van der Waals surface area contributed by atoms with Crippen LogP contribution in [0.25, 0.3) is 0 Å². The van der Waals surface area contributed by atoms with Crippen LogP contribution in [0.15, 0.2) is 24.3 Å². The van der Waals surface area contributed by atoms with Crippen LogP contribution in [0.4, 0.5) is 5.69 Å². The predicted octanol–water partition coefficient (Wildman–Crippen LogP) is 4.74. The molecule has 1 fully saturated rings. The topological polar surface area (TPSA) is 3.24 Å². The molecule has 0 saturated heterocycles. The zero-order chi connectivity index (χ0) is 12.1. The zero-order valence-electron chi connectivity index (χ0n) is 10.7. The molecule has 0 radical (unpaired) electrons. The van der Waals surface area contributed by atoms with Gasteiger partial charge in [-0.2, -0.15) is 0 Å². The van der Waals surface area contributed by atoms with Gasteiger partial charge in [0.2, 0.25) is 0 Å². The van der Waals surface area contributed by atoms with Gasteiger partial charge in [-0.15, -0.1) is 0 Å². The Bertz CT molecular complexity index is 345. The molecule has 2 heteroatoms. The average Bonchev–Trinajstić information content (AvgIpc) is 2.41. The largest absolute Gasteiger partial charge is 0.369 e. The first-order valence-electron chi connectivity index (χ1n) is 6.77. The third-order valence-corrected chi connectivity index (χ3v) is 4.41. The molecule has 0 N–H and O–H groups in total. The predicted molar refractivity (Wildman–Crippen MR) is 79.0 cm³/mol. The van der Waals surface area contributed by atoms with Crippen molar-refractivity contribution in [3.05, 3.63) is 29.8 Å². The first-order chi connectivity index (χ1) is 8.36. The minimum Gasteiger partial charge on any atom is -0.369 e. The molecule has 0 amide bonds. The fraction of sp³-hybridized carbons (Fsp3) is 0.600. The summed E-state index contributed by atoms with van der Waals surface area (Å²) >= 11 is 3.60. The molecule has 0 bridgehead atoms. The van der Waals surface area contributed by atoms with E-state index in [0.717, 1.165) is 17.9 Å². The fourth-order valence-corrected chi connectivity index (χ4v) is 3.40. The second-order valence-electron chi connectivity index (χ2n) is 4.84. The van der Waals surface area contributed by atoms with Crippen LogP contribution in [0.3, 0.4) is 0 Å². The van der Waals surface area contributed by atoms with Crippen molar-refractivity contribution in [3.8, 4) is 0 Å². The molecule has 1 aliphatic carbocycles. The Hall–Kier alpha value is -0.500. The summed E-state index contributed by atoms with van der Waals surface area (Å²) in [6, 6.07) is 9.56. The average molecular weight is 296 g/mol. The molecule has 1 nitrogen and oxygen atoms in total. The van der Waals surface area contributed by atoms with Crippen molar-refractivity contribution in [2.24, 2.45) is 0 Å². The van der Waals surface area contributed by atoms with Crippen molar-refractivity contribution in [3.63, 3.8) is 0 Å². The molecule has 0 aliphatic heterocycles. The standard InChI is InChI=1S/C15H22BrN/c1-2-17(14-9-4-3-5-10-14)15-11-7-6-8-13(15)12-16/h6-8,11,14H,2-5,9-10,12H2,1H3. The Morgan fingerprint density at radius 2 is 1.88 bits per heavy atom. The van der Waals surface area contributed by atoms with Crippen molar-refractivity contribution in [1.82, 2.24) is 0 Å². The second kappa shape index (κ2) is 6.44. The number of anilines is 1. The summed E-state index contributed by atoms with van der Waals surface area (Å²) in [4.78, 5) is 2.61. The van der Waals surface area contributed by atoms with Crippen molar-refractivity contribution in [2.45, 2.75) is 50.4 Å². The van der Waals surface area contributed by atoms with E-state index < -0.39 is 0 Å². The molecule has 0 heterocycles. The maximum Gasteiger partial charge on any atom is 0.0409 e. The van der Waals surface area contributed by atoms with Gasteiger partial charge in [-0.05, 0) is 31.4 Å². The number of benzene rings is 1. The number of hydrogen-bond donors (Lipinski definition) is 0. The van der Waals surface area contributed by atoms with E-state index in [0.29, 0.717) is 0 Å². The number of halogens is 1. The van der Waals surface area contributed by atoms with Gasteiger partial charge < -0.3 is 4.90 Å². The molecule has 2 rings (SSSR count). The molecule has 0 aromatic heterocycles. The van der Waals surface area contributed by atoms with Crippen LogP contribution in [0.5, 0.6) is 0 Å². The van der Waals surface area contributed by atoms with Crippen LogP contribution in [-0.2, 0) is 5.33 Å². The zero-order valence-corrected chi connectivity index (χ0v) is 12.2. The van der Waals surface area contributed by atoms with Crippen LogP contribution >= 0.6 is 15.9 Å². The van der Waals surface area contributed by atoms with Gasteiger partial charge in [0, 0.05) is 23.6 Å². The highest BCUT2D eigenvalue weighted by Crippen LogP contribution is 2.30. The normalized spacial score (nSPS) is 17.1. The van der Waals surface area contributed by atoms with Gasteiger partial charge in [-0.25, -0.2) is 0 Å². The lowest BCUT2D eigenvalue weighted by molar-refractivity contribution is 0.418. The van der Waals surface area contributed by atoms with Crippen LogP contribution in [0.2, 0.25) is 0 Å². The molecule has 0 atom stereocenters. The molecule has 1 saturated carbocycles. The highest BCUT2D eigenvalue weighted by molar-refractivity contribution is 9.08. The van der Waals surface area contributed by atoms with Crippen molar-refractivity contribution in [2.75, 3.05) is 11.4 Å². The van der Waals surface area contributed by atoms with Gasteiger partial charge >= 0.3 is 0 Å². The van der Waals surface area contributed by atoms with Crippen LogP contribution in [0, 0.1) is 0 Å². The van der Waals surface area contributed by atoms with E-state index in [1.807, 2.05) is 0 Å². The van der Waals surface area contributed by atoms with Crippen molar-refractivity contribution >= 4 is 21.6 Å². The van der Waals surface area contributed by atoms with Crippen molar-refractivity contribution < 1.29 is 0 Å². The van der Waals surface area contributed by atoms with Gasteiger partial charge in [0.25, 0.3) is 0 Å². The van der Waals surface area contributed by atoms with Crippen LogP contribution < -0.4 is 4.90 Å². The molecule has 0 unspecified atom stereocenters. The second-order valence-corrected chi connectivity index (χ2v) is 5.40. The lowest BCUT2D eigenvalue weighted by Gasteiger charge is -2.36. The SMILES string of the molecule is CCN(c1ccccc1CBr)C1CCCCC1. The lowest BCUT2D eigenvalue weighted by atomic mass is 9.93. The fourth-order valence-electron chi connectivity index (χ4n) is 2.92. The summed E-state index contributed by atoms with van der Waals surface area (Å²) in [5.41, 5.74) is 2.85. The summed E-state index contributed by atoms with van der Waals surface area (Å²) < 4.78 is 0. The Kier molecular flexibility index (Phi) is 4.90. The molecule has 1 aromatic rings. The summed E-state index contributed by atoms with van der Waals surface area (Å²) in [7, 11) is 0. The number of rotatable bonds is 4. The van der Waals surface area contributed by atoms with E-state index in [-0.39, 0.29) is 0 Å². The highest BCUT2D eigenvalue weighted by Gasteiger charge is 2.21. The summed E-state index contributed by atoms with van der Waals surface area (Å²) in [5, 5.41) is 0.951. The minimum absolute atomic E-state index is 0.758. The van der Waals surface area contributed by atoms with Gasteiger partial charge in [0.15, 0.2) is 0 Å². The molecule has 17 heavy (non-hydrogen) atoms. The molecule has 1 aromatic carbocycles. The summed E-state index contributed by atoms with van der Waals surface area (Å²) in [6.07, 6.45) is 6.96.